The number of hydrogen-bond acceptors (Lipinski definition) is 2. The lowest BCUT2D eigenvalue weighted by atomic mass is 10.1. The summed E-state index contributed by atoms with van der Waals surface area (Å²) in [5, 5.41) is 10.1. The van der Waals surface area contributed by atoms with Crippen LogP contribution in [-0.4, -0.2) is 29.6 Å². The van der Waals surface area contributed by atoms with E-state index in [0.717, 1.165) is 17.7 Å². The standard InChI is InChI=1S/C23H20F3N3/c1-4-29-21(13-9-16-6-5-7-18(11-8-16)28(2)3)20(15-27)19-12-10-17(14-22(19)29)23(24,25)26/h5-8,10-12,14,18H,4H2,1-3H3. The summed E-state index contributed by atoms with van der Waals surface area (Å²) in [4.78, 5) is 2.05. The number of nitrogens with zero attached hydrogens (tertiary/aromatic N) is 3. The number of likely N-dealkylation sites (N-methyl/N-ethyl adjacent to an activating group) is 1. The minimum absolute atomic E-state index is 0.156. The molecule has 0 radical (unpaired) electrons. The van der Waals surface area contributed by atoms with Gasteiger partial charge in [-0.3, -0.25) is 4.90 Å². The van der Waals surface area contributed by atoms with Crippen LogP contribution in [0.2, 0.25) is 0 Å². The van der Waals surface area contributed by atoms with E-state index in [9.17, 15) is 18.4 Å². The largest absolute Gasteiger partial charge is 0.416 e. The van der Waals surface area contributed by atoms with Gasteiger partial charge in [0.1, 0.15) is 11.8 Å². The fourth-order valence-electron chi connectivity index (χ4n) is 3.25. The van der Waals surface area contributed by atoms with Crippen molar-refractivity contribution in [1.29, 1.82) is 5.26 Å². The number of halogens is 3. The zero-order valence-corrected chi connectivity index (χ0v) is 16.4. The highest BCUT2D eigenvalue weighted by atomic mass is 19.4. The Bertz CT molecular complexity index is 1130. The maximum Gasteiger partial charge on any atom is 0.416 e. The molecule has 0 N–H and O–H groups in total. The molecule has 1 aliphatic rings. The van der Waals surface area contributed by atoms with Gasteiger partial charge in [0.25, 0.3) is 0 Å². The van der Waals surface area contributed by atoms with E-state index in [-0.39, 0.29) is 6.04 Å². The minimum atomic E-state index is -4.44. The van der Waals surface area contributed by atoms with Crippen LogP contribution in [0.5, 0.6) is 0 Å². The van der Waals surface area contributed by atoms with E-state index in [0.29, 0.717) is 28.7 Å². The Labute approximate surface area is 168 Å². The molecule has 3 nitrogen and oxygen atoms in total. The maximum atomic E-state index is 13.1. The fraction of sp³-hybridized carbons (Fsp3) is 0.261. The molecule has 0 spiro atoms. The molecular weight excluding hydrogens is 375 g/mol. The van der Waals surface area contributed by atoms with E-state index >= 15 is 0 Å². The summed E-state index contributed by atoms with van der Waals surface area (Å²) in [7, 11) is 3.95. The summed E-state index contributed by atoms with van der Waals surface area (Å²) in [6, 6.07) is 5.70. The zero-order chi connectivity index (χ0) is 21.2. The van der Waals surface area contributed by atoms with Crippen LogP contribution in [0, 0.1) is 23.2 Å². The van der Waals surface area contributed by atoms with Gasteiger partial charge in [0.05, 0.1) is 16.6 Å². The predicted molar refractivity (Wildman–Crippen MR) is 108 cm³/mol. The third-order valence-electron chi connectivity index (χ3n) is 4.80. The summed E-state index contributed by atoms with van der Waals surface area (Å²) in [6.07, 6.45) is 5.31. The van der Waals surface area contributed by atoms with Gasteiger partial charge in [0.2, 0.25) is 0 Å². The fourth-order valence-corrected chi connectivity index (χ4v) is 3.25. The van der Waals surface area contributed by atoms with Crippen molar-refractivity contribution in [3.05, 3.63) is 71.0 Å². The molecule has 148 valence electrons. The maximum absolute atomic E-state index is 13.1. The predicted octanol–water partition coefficient (Wildman–Crippen LogP) is 4.89. The highest BCUT2D eigenvalue weighted by Crippen LogP contribution is 2.34. The Hall–Kier alpha value is -3.22. The van der Waals surface area contributed by atoms with Crippen LogP contribution in [0.1, 0.15) is 23.7 Å². The Morgan fingerprint density at radius 1 is 1.17 bits per heavy atom. The first-order valence-corrected chi connectivity index (χ1v) is 9.15. The number of aryl methyl sites for hydroxylation is 1. The van der Waals surface area contributed by atoms with Crippen LogP contribution in [-0.2, 0) is 12.7 Å². The van der Waals surface area contributed by atoms with Crippen molar-refractivity contribution < 1.29 is 13.2 Å². The quantitative estimate of drug-likeness (QED) is 0.679. The van der Waals surface area contributed by atoms with Crippen molar-refractivity contribution in [2.75, 3.05) is 14.1 Å². The topological polar surface area (TPSA) is 32.0 Å². The van der Waals surface area contributed by atoms with Crippen molar-refractivity contribution in [3.63, 3.8) is 0 Å². The van der Waals surface area contributed by atoms with E-state index < -0.39 is 11.7 Å². The second-order valence-electron chi connectivity index (χ2n) is 6.88. The summed E-state index contributed by atoms with van der Waals surface area (Å²) in [5.74, 6) is 6.07. The number of allylic oxidation sites excluding steroid dienone is 4. The lowest BCUT2D eigenvalue weighted by molar-refractivity contribution is -0.137. The van der Waals surface area contributed by atoms with Gasteiger partial charge in [0, 0.05) is 23.5 Å². The van der Waals surface area contributed by atoms with Gasteiger partial charge in [0.15, 0.2) is 0 Å². The zero-order valence-electron chi connectivity index (χ0n) is 16.4. The molecule has 1 aliphatic carbocycles. The summed E-state index contributed by atoms with van der Waals surface area (Å²) >= 11 is 0. The molecule has 1 heterocycles. The average Bonchev–Trinajstić information content (AvgIpc) is 2.79. The SMILES string of the molecule is CCn1c(C#CC2=CC=CC(N(C)C)C=C2)c(C#N)c2ccc(C(F)(F)F)cc21. The molecule has 1 aromatic carbocycles. The molecule has 0 amide bonds. The molecule has 0 bridgehead atoms. The van der Waals surface area contributed by atoms with E-state index in [1.54, 1.807) is 4.57 Å². The van der Waals surface area contributed by atoms with Gasteiger partial charge in [-0.1, -0.05) is 30.2 Å². The van der Waals surface area contributed by atoms with E-state index in [1.165, 1.54) is 6.07 Å². The van der Waals surface area contributed by atoms with Crippen molar-refractivity contribution in [1.82, 2.24) is 9.47 Å². The molecule has 29 heavy (non-hydrogen) atoms. The van der Waals surface area contributed by atoms with Crippen molar-refractivity contribution >= 4 is 10.9 Å². The van der Waals surface area contributed by atoms with Crippen molar-refractivity contribution in [3.8, 4) is 17.9 Å². The molecule has 6 heteroatoms. The van der Waals surface area contributed by atoms with Gasteiger partial charge in [-0.05, 0) is 51.2 Å². The molecular formula is C23H20F3N3. The van der Waals surface area contributed by atoms with Crippen molar-refractivity contribution in [2.45, 2.75) is 25.7 Å². The number of fused-ring (bicyclic) bond motifs is 1. The second-order valence-corrected chi connectivity index (χ2v) is 6.88. The Balaban J connectivity index is 2.11. The third kappa shape index (κ3) is 4.13. The highest BCUT2D eigenvalue weighted by Gasteiger charge is 2.31. The third-order valence-corrected chi connectivity index (χ3v) is 4.80. The van der Waals surface area contributed by atoms with Gasteiger partial charge in [-0.2, -0.15) is 18.4 Å². The normalized spacial score (nSPS) is 16.3. The minimum Gasteiger partial charge on any atom is -0.333 e. The second kappa shape index (κ2) is 8.03. The van der Waals surface area contributed by atoms with Crippen molar-refractivity contribution in [2.24, 2.45) is 0 Å². The van der Waals surface area contributed by atoms with E-state index in [2.05, 4.69) is 22.8 Å². The van der Waals surface area contributed by atoms with E-state index in [4.69, 9.17) is 0 Å². The Morgan fingerprint density at radius 2 is 1.93 bits per heavy atom. The molecule has 0 saturated heterocycles. The summed E-state index contributed by atoms with van der Waals surface area (Å²) in [5.41, 5.74) is 1.11. The lowest BCUT2D eigenvalue weighted by Crippen LogP contribution is -2.23. The number of benzene rings is 1. The molecule has 1 unspecified atom stereocenters. The van der Waals surface area contributed by atoms with Gasteiger partial charge in [-0.15, -0.1) is 0 Å². The molecule has 2 aromatic rings. The number of aromatic nitrogens is 1. The molecule has 1 atom stereocenters. The average molecular weight is 395 g/mol. The molecule has 1 aromatic heterocycles. The molecule has 0 aliphatic heterocycles. The number of alkyl halides is 3. The first-order chi connectivity index (χ1) is 13.8. The highest BCUT2D eigenvalue weighted by molar-refractivity contribution is 5.90. The van der Waals surface area contributed by atoms with Crippen LogP contribution in [0.25, 0.3) is 10.9 Å². The van der Waals surface area contributed by atoms with Crippen LogP contribution < -0.4 is 0 Å². The van der Waals surface area contributed by atoms with E-state index in [1.807, 2.05) is 51.4 Å². The molecule has 3 rings (SSSR count). The first kappa shape index (κ1) is 20.5. The number of nitriles is 1. The summed E-state index contributed by atoms with van der Waals surface area (Å²) < 4.78 is 41.1. The smallest absolute Gasteiger partial charge is 0.333 e. The summed E-state index contributed by atoms with van der Waals surface area (Å²) in [6.45, 7) is 2.22. The Morgan fingerprint density at radius 3 is 2.55 bits per heavy atom. The lowest BCUT2D eigenvalue weighted by Gasteiger charge is -2.15. The number of rotatable bonds is 2. The van der Waals surface area contributed by atoms with Gasteiger partial charge >= 0.3 is 6.18 Å². The number of hydrogen-bond donors (Lipinski definition) is 0. The van der Waals surface area contributed by atoms with Gasteiger partial charge in [-0.25, -0.2) is 0 Å². The van der Waals surface area contributed by atoms with Crippen LogP contribution in [0.15, 0.2) is 54.2 Å². The Kier molecular flexibility index (Phi) is 5.68. The first-order valence-electron chi connectivity index (χ1n) is 9.15. The van der Waals surface area contributed by atoms with Gasteiger partial charge < -0.3 is 4.57 Å². The molecule has 0 saturated carbocycles. The monoisotopic (exact) mass is 395 g/mol. The molecule has 0 fully saturated rings. The van der Waals surface area contributed by atoms with Crippen LogP contribution >= 0.6 is 0 Å². The van der Waals surface area contributed by atoms with Crippen LogP contribution in [0.4, 0.5) is 13.2 Å². The van der Waals surface area contributed by atoms with Crippen LogP contribution in [0.3, 0.4) is 0 Å².